The Labute approximate surface area is 640 Å². The van der Waals surface area contributed by atoms with Crippen LogP contribution in [-0.4, -0.2) is 217 Å². The number of nitrogens with two attached hydrogens (primary N) is 2. The molecule has 0 aliphatic carbocycles. The number of rotatable bonds is 20. The van der Waals surface area contributed by atoms with Crippen molar-refractivity contribution >= 4 is 23.6 Å². The van der Waals surface area contributed by atoms with Crippen LogP contribution < -0.4 is 11.5 Å². The second kappa shape index (κ2) is 37.1. The molecule has 4 saturated heterocycles. The SMILES string of the molecule is COC1OC(CO)C(C)C(O)C1N.COC1OC(CO)C(C)C(O)C1N1C(=O)c2ccccc2C1=O.COC1OC(COC(c2ccccc2)(c2ccccc2)c2ccccc2)C(C)C(O)C1N.COC1OC(COC(c2ccccc2)(c2ccccc2)c2ccccc2)C(C)C(O)C1N1C(=O)c2ccccc2C1=O. The molecule has 20 unspecified atom stereocenters. The zero-order valence-electron chi connectivity index (χ0n) is 62.8. The van der Waals surface area contributed by atoms with E-state index in [1.54, 1.807) is 62.4 Å². The first-order valence-corrected chi connectivity index (χ1v) is 36.9. The molecule has 8 aromatic carbocycles. The van der Waals surface area contributed by atoms with Crippen molar-refractivity contribution in [1.29, 1.82) is 0 Å². The van der Waals surface area contributed by atoms with Gasteiger partial charge in [-0.15, -0.1) is 0 Å². The van der Waals surface area contributed by atoms with Crippen LogP contribution in [0.15, 0.2) is 231 Å². The smallest absolute Gasteiger partial charge is 0.262 e. The number of ether oxygens (including phenoxy) is 10. The molecule has 0 saturated carbocycles. The number of imide groups is 2. The fourth-order valence-corrected chi connectivity index (χ4v) is 15.4. The number of benzene rings is 8. The van der Waals surface area contributed by atoms with Crippen LogP contribution in [0.5, 0.6) is 0 Å². The highest BCUT2D eigenvalue weighted by atomic mass is 16.7. The lowest BCUT2D eigenvalue weighted by Gasteiger charge is -2.46. The molecule has 20 atom stereocenters. The number of hydrogen-bond acceptors (Lipinski definition) is 22. The molecule has 0 radical (unpaired) electrons. The Morgan fingerprint density at radius 2 is 0.536 bits per heavy atom. The van der Waals surface area contributed by atoms with Gasteiger partial charge in [-0.3, -0.25) is 29.0 Å². The van der Waals surface area contributed by atoms with Gasteiger partial charge in [-0.2, -0.15) is 0 Å². The molecular weight excluding hydrogens is 1410 g/mol. The number of hydrogen-bond donors (Lipinski definition) is 8. The van der Waals surface area contributed by atoms with E-state index in [1.165, 1.54) is 28.4 Å². The van der Waals surface area contributed by atoms with Gasteiger partial charge in [-0.25, -0.2) is 0 Å². The van der Waals surface area contributed by atoms with Gasteiger partial charge in [0.2, 0.25) is 0 Å². The van der Waals surface area contributed by atoms with Crippen LogP contribution in [0.1, 0.15) is 103 Å². The van der Waals surface area contributed by atoms with E-state index in [0.29, 0.717) is 22.3 Å². The molecule has 4 amide bonds. The summed E-state index contributed by atoms with van der Waals surface area (Å²) in [5.74, 6) is -3.23. The van der Waals surface area contributed by atoms with Crippen molar-refractivity contribution in [2.75, 3.05) is 54.9 Å². The summed E-state index contributed by atoms with van der Waals surface area (Å²) in [6.45, 7) is 7.19. The molecule has 6 aliphatic heterocycles. The van der Waals surface area contributed by atoms with E-state index in [0.717, 1.165) is 43.2 Å². The number of carbonyl (C=O) groups is 4. The van der Waals surface area contributed by atoms with E-state index in [4.69, 9.17) is 63.9 Å². The van der Waals surface area contributed by atoms with Gasteiger partial charge in [0.1, 0.15) is 23.3 Å². The Morgan fingerprint density at radius 1 is 0.327 bits per heavy atom. The first-order chi connectivity index (χ1) is 53.2. The average molecular weight is 1510 g/mol. The molecule has 4 fully saturated rings. The maximum absolute atomic E-state index is 13.3. The first kappa shape index (κ1) is 82.3. The zero-order chi connectivity index (χ0) is 78.6. The van der Waals surface area contributed by atoms with Crippen molar-refractivity contribution in [2.24, 2.45) is 35.1 Å². The molecule has 24 nitrogen and oxygen atoms in total. The lowest BCUT2D eigenvalue weighted by atomic mass is 9.80. The van der Waals surface area contributed by atoms with Gasteiger partial charge in [-0.1, -0.05) is 234 Å². The minimum Gasteiger partial charge on any atom is -0.394 e. The van der Waals surface area contributed by atoms with Crippen molar-refractivity contribution in [3.63, 3.8) is 0 Å². The number of amides is 4. The van der Waals surface area contributed by atoms with Crippen molar-refractivity contribution in [1.82, 2.24) is 9.80 Å². The molecular formula is C86H100N4O20. The number of nitrogens with zero attached hydrogens (tertiary/aromatic N) is 2. The van der Waals surface area contributed by atoms with Gasteiger partial charge in [-0.05, 0) is 57.6 Å². The second-order valence-corrected chi connectivity index (χ2v) is 28.2. The molecule has 584 valence electrons. The van der Waals surface area contributed by atoms with Gasteiger partial charge in [0.25, 0.3) is 23.6 Å². The van der Waals surface area contributed by atoms with E-state index in [2.05, 4.69) is 36.4 Å². The summed E-state index contributed by atoms with van der Waals surface area (Å²) in [7, 11) is 5.81. The molecule has 0 aromatic heterocycles. The van der Waals surface area contributed by atoms with Gasteiger partial charge in [0, 0.05) is 52.1 Å². The molecule has 6 aliphatic rings. The lowest BCUT2D eigenvalue weighted by Crippen LogP contribution is -2.63. The standard InChI is InChI=1S/C35H33NO6.C27H31NO4.C16H19NO6.C8H17NO4/c1-23-29(42-34(40-2)30(31(23)37)36-32(38)27-20-12-13-21-28(27)33(36)39)22-41-35(24-14-6-3-7-15-24,25-16-8-4-9-17-25)26-18-10-5-11-19-26;1-19-23(32-26(30-2)24(28)25(19)29)18-31-27(20-12-6-3-7-13-20,21-14-8-4-9-15-21)22-16-10-5-11-17-22;1-8-11(7-18)23-16(22-2)12(13(8)19)17-14(20)9-5-3-4-6-10(9)15(17)21;1-4-5(3-10)13-8(12-2)6(9)7(4)11/h3-21,23,29-31,34,37H,22H2,1-2H3;3-17,19,23-26,29H,18,28H2,1-2H3;3-6,8,11-13,16,18-19H,7H2,1-2H3;4-8,10-11H,3,9H2,1-2H3. The molecule has 8 aromatic rings. The van der Waals surface area contributed by atoms with Crippen LogP contribution in [0, 0.1) is 23.7 Å². The third-order valence-electron chi connectivity index (χ3n) is 22.0. The first-order valence-electron chi connectivity index (χ1n) is 36.9. The molecule has 0 spiro atoms. The van der Waals surface area contributed by atoms with Crippen molar-refractivity contribution < 1.29 is 97.2 Å². The normalized spacial score (nSPS) is 29.3. The van der Waals surface area contributed by atoms with Gasteiger partial charge in [0.15, 0.2) is 25.2 Å². The Bertz CT molecular complexity index is 3990. The van der Waals surface area contributed by atoms with Crippen molar-refractivity contribution in [2.45, 2.75) is 137 Å². The molecule has 0 bridgehead atoms. The Balaban J connectivity index is 0.000000156. The highest BCUT2D eigenvalue weighted by molar-refractivity contribution is 6.22. The summed E-state index contributed by atoms with van der Waals surface area (Å²) in [6.07, 6.45) is -9.01. The number of fused-ring (bicyclic) bond motifs is 2. The van der Waals surface area contributed by atoms with E-state index >= 15 is 0 Å². The fraction of sp³-hybridized carbons (Fsp3) is 0.395. The van der Waals surface area contributed by atoms with E-state index in [9.17, 15) is 44.7 Å². The summed E-state index contributed by atoms with van der Waals surface area (Å²) in [5, 5.41) is 60.8. The van der Waals surface area contributed by atoms with Gasteiger partial charge < -0.3 is 89.5 Å². The van der Waals surface area contributed by atoms with Crippen LogP contribution in [0.3, 0.4) is 0 Å². The maximum atomic E-state index is 13.3. The Kier molecular flexibility index (Phi) is 27.8. The predicted octanol–water partition coefficient (Wildman–Crippen LogP) is 7.41. The highest BCUT2D eigenvalue weighted by Gasteiger charge is 2.55. The van der Waals surface area contributed by atoms with Gasteiger partial charge >= 0.3 is 0 Å². The predicted molar refractivity (Wildman–Crippen MR) is 405 cm³/mol. The number of carbonyl (C=O) groups excluding carboxylic acids is 4. The monoisotopic (exact) mass is 1510 g/mol. The summed E-state index contributed by atoms with van der Waals surface area (Å²) in [6, 6.07) is 70.6. The average Bonchev–Trinajstić information content (AvgIpc) is 1.37. The summed E-state index contributed by atoms with van der Waals surface area (Å²) >= 11 is 0. The van der Waals surface area contributed by atoms with Crippen molar-refractivity contribution in [3.8, 4) is 0 Å². The topological polar surface area (TPSA) is 340 Å². The highest BCUT2D eigenvalue weighted by Crippen LogP contribution is 2.45. The molecule has 14 rings (SSSR count). The van der Waals surface area contributed by atoms with E-state index in [1.807, 2.05) is 159 Å². The Hall–Kier alpha value is -8.68. The summed E-state index contributed by atoms with van der Waals surface area (Å²) in [4.78, 5) is 53.9. The van der Waals surface area contributed by atoms with E-state index < -0.39 is 139 Å². The van der Waals surface area contributed by atoms with Crippen molar-refractivity contribution in [3.05, 3.63) is 286 Å². The van der Waals surface area contributed by atoms with Crippen LogP contribution in [0.25, 0.3) is 0 Å². The van der Waals surface area contributed by atoms with Gasteiger partial charge in [0.05, 0.1) is 110 Å². The lowest BCUT2D eigenvalue weighted by molar-refractivity contribution is -0.262. The quantitative estimate of drug-likeness (QED) is 0.0272. The van der Waals surface area contributed by atoms with Crippen LogP contribution in [-0.2, 0) is 58.6 Å². The second-order valence-electron chi connectivity index (χ2n) is 28.2. The number of aliphatic hydroxyl groups is 6. The van der Waals surface area contributed by atoms with E-state index in [-0.39, 0.29) is 44.4 Å². The van der Waals surface area contributed by atoms with Crippen LogP contribution in [0.2, 0.25) is 0 Å². The molecule has 24 heteroatoms. The van der Waals surface area contributed by atoms with Crippen LogP contribution >= 0.6 is 0 Å². The third-order valence-corrected chi connectivity index (χ3v) is 22.0. The fourth-order valence-electron chi connectivity index (χ4n) is 15.4. The molecule has 110 heavy (non-hydrogen) atoms. The summed E-state index contributed by atoms with van der Waals surface area (Å²) < 4.78 is 58.4. The number of methoxy groups -OCH3 is 4. The summed E-state index contributed by atoms with van der Waals surface area (Å²) in [5.41, 5.74) is 17.0. The molecule has 6 heterocycles. The number of aliphatic hydroxyl groups excluding tert-OH is 6. The molecule has 10 N–H and O–H groups in total. The minimum atomic E-state index is -1.11. The maximum Gasteiger partial charge on any atom is 0.262 e. The minimum absolute atomic E-state index is 0.103. The third kappa shape index (κ3) is 16.5. The zero-order valence-corrected chi connectivity index (χ0v) is 62.8. The van der Waals surface area contributed by atoms with Crippen LogP contribution in [0.4, 0.5) is 0 Å². The largest absolute Gasteiger partial charge is 0.394 e. The Morgan fingerprint density at radius 3 is 0.791 bits per heavy atom.